The van der Waals surface area contributed by atoms with Crippen LogP contribution in [0.4, 0.5) is 10.5 Å². The van der Waals surface area contributed by atoms with Gasteiger partial charge in [-0.1, -0.05) is 6.07 Å². The highest BCUT2D eigenvalue weighted by Gasteiger charge is 2.25. The number of carbonyl (C=O) groups excluding carboxylic acids is 3. The standard InChI is InChI=1S/C22H33N3O6/c1-22(2,3)31-21(29)23-12-18(30-4)19(27)24-17-9-5-8-16(11-17)20(28)25-10-6-7-15(13-25)14-26/h5,8-9,11,15,18,26H,6-7,10,12-14H2,1-4H3,(H,23,29)(H,24,27)/t15-,18+/m0/s1. The van der Waals surface area contributed by atoms with Gasteiger partial charge >= 0.3 is 6.09 Å². The number of benzene rings is 1. The molecule has 1 aromatic carbocycles. The average molecular weight is 436 g/mol. The maximum Gasteiger partial charge on any atom is 0.407 e. The molecule has 9 heteroatoms. The first-order chi connectivity index (χ1) is 14.6. The SMILES string of the molecule is CO[C@H](CNC(=O)OC(C)(C)C)C(=O)Nc1cccc(C(=O)N2CCC[C@H](CO)C2)c1. The van der Waals surface area contributed by atoms with Crippen LogP contribution in [0.25, 0.3) is 0 Å². The summed E-state index contributed by atoms with van der Waals surface area (Å²) in [6, 6.07) is 6.67. The summed E-state index contributed by atoms with van der Waals surface area (Å²) in [5, 5.41) is 14.6. The molecule has 0 saturated carbocycles. The number of amides is 3. The molecular weight excluding hydrogens is 402 g/mol. The Morgan fingerprint density at radius 1 is 1.29 bits per heavy atom. The van der Waals surface area contributed by atoms with Crippen molar-refractivity contribution in [3.63, 3.8) is 0 Å². The molecule has 0 radical (unpaired) electrons. The van der Waals surface area contributed by atoms with Crippen LogP contribution >= 0.6 is 0 Å². The Hall–Kier alpha value is -2.65. The summed E-state index contributed by atoms with van der Waals surface area (Å²) in [5.41, 5.74) is 0.260. The van der Waals surface area contributed by atoms with E-state index in [1.54, 1.807) is 49.9 Å². The van der Waals surface area contributed by atoms with Crippen molar-refractivity contribution in [3.05, 3.63) is 29.8 Å². The number of rotatable bonds is 7. The Balaban J connectivity index is 1.96. The molecule has 2 atom stereocenters. The van der Waals surface area contributed by atoms with Crippen molar-refractivity contribution in [2.45, 2.75) is 45.3 Å². The number of alkyl carbamates (subject to hydrolysis) is 1. The number of ether oxygens (including phenoxy) is 2. The minimum Gasteiger partial charge on any atom is -0.444 e. The van der Waals surface area contributed by atoms with Gasteiger partial charge < -0.3 is 30.1 Å². The van der Waals surface area contributed by atoms with E-state index in [0.717, 1.165) is 12.8 Å². The lowest BCUT2D eigenvalue weighted by Gasteiger charge is -2.32. The Morgan fingerprint density at radius 2 is 2.03 bits per heavy atom. The van der Waals surface area contributed by atoms with E-state index in [2.05, 4.69) is 10.6 Å². The van der Waals surface area contributed by atoms with Gasteiger partial charge in [0.1, 0.15) is 5.60 Å². The molecule has 0 aromatic heterocycles. The number of aliphatic hydroxyl groups excluding tert-OH is 1. The fraction of sp³-hybridized carbons (Fsp3) is 0.591. The Morgan fingerprint density at radius 3 is 2.68 bits per heavy atom. The van der Waals surface area contributed by atoms with Gasteiger partial charge in [-0.25, -0.2) is 4.79 Å². The zero-order chi connectivity index (χ0) is 23.0. The molecule has 1 aliphatic heterocycles. The topological polar surface area (TPSA) is 117 Å². The second kappa shape index (κ2) is 11.1. The maximum absolute atomic E-state index is 12.8. The monoisotopic (exact) mass is 435 g/mol. The lowest BCUT2D eigenvalue weighted by atomic mass is 9.98. The first-order valence-corrected chi connectivity index (χ1v) is 10.4. The van der Waals surface area contributed by atoms with Crippen LogP contribution in [0.1, 0.15) is 44.0 Å². The number of nitrogens with one attached hydrogen (secondary N) is 2. The van der Waals surface area contributed by atoms with Gasteiger partial charge in [-0.05, 0) is 57.7 Å². The quantitative estimate of drug-likeness (QED) is 0.603. The van der Waals surface area contributed by atoms with Gasteiger partial charge in [0.15, 0.2) is 6.10 Å². The Bertz CT molecular complexity index is 777. The van der Waals surface area contributed by atoms with Crippen molar-refractivity contribution < 1.29 is 29.0 Å². The van der Waals surface area contributed by atoms with Crippen LogP contribution in [0.15, 0.2) is 24.3 Å². The first kappa shape index (κ1) is 24.6. The van der Waals surface area contributed by atoms with E-state index in [9.17, 15) is 19.5 Å². The molecule has 31 heavy (non-hydrogen) atoms. The van der Waals surface area contributed by atoms with Crippen LogP contribution in [0.2, 0.25) is 0 Å². The highest BCUT2D eigenvalue weighted by molar-refractivity contribution is 5.98. The van der Waals surface area contributed by atoms with Gasteiger partial charge in [0.05, 0.1) is 6.54 Å². The van der Waals surface area contributed by atoms with Gasteiger partial charge in [0, 0.05) is 38.1 Å². The van der Waals surface area contributed by atoms with E-state index in [-0.39, 0.29) is 25.0 Å². The number of methoxy groups -OCH3 is 1. The maximum atomic E-state index is 12.8. The zero-order valence-electron chi connectivity index (χ0n) is 18.6. The van der Waals surface area contributed by atoms with E-state index in [1.807, 2.05) is 0 Å². The lowest BCUT2D eigenvalue weighted by Crippen LogP contribution is -2.42. The summed E-state index contributed by atoms with van der Waals surface area (Å²) in [5.74, 6) is -0.494. The molecule has 9 nitrogen and oxygen atoms in total. The molecule has 0 spiro atoms. The fourth-order valence-corrected chi connectivity index (χ4v) is 3.31. The highest BCUT2D eigenvalue weighted by atomic mass is 16.6. The number of nitrogens with zero attached hydrogens (tertiary/aromatic N) is 1. The molecule has 1 aliphatic rings. The minimum atomic E-state index is -0.931. The van der Waals surface area contributed by atoms with E-state index < -0.39 is 23.7 Å². The normalized spacial score (nSPS) is 17.6. The third kappa shape index (κ3) is 7.84. The van der Waals surface area contributed by atoms with Crippen molar-refractivity contribution >= 4 is 23.6 Å². The molecule has 1 fully saturated rings. The van der Waals surface area contributed by atoms with E-state index in [4.69, 9.17) is 9.47 Å². The van der Waals surface area contributed by atoms with Gasteiger partial charge in [-0.15, -0.1) is 0 Å². The Labute approximate surface area is 183 Å². The van der Waals surface area contributed by atoms with Crippen LogP contribution in [0.5, 0.6) is 0 Å². The summed E-state index contributed by atoms with van der Waals surface area (Å²) >= 11 is 0. The summed E-state index contributed by atoms with van der Waals surface area (Å²) < 4.78 is 10.3. The third-order valence-corrected chi connectivity index (χ3v) is 4.85. The number of likely N-dealkylation sites (tertiary alicyclic amines) is 1. The lowest BCUT2D eigenvalue weighted by molar-refractivity contribution is -0.125. The molecule has 172 valence electrons. The Kier molecular flexibility index (Phi) is 8.82. The minimum absolute atomic E-state index is 0.0633. The van der Waals surface area contributed by atoms with Gasteiger partial charge in [0.25, 0.3) is 11.8 Å². The molecule has 0 bridgehead atoms. The van der Waals surface area contributed by atoms with Crippen molar-refractivity contribution in [2.24, 2.45) is 5.92 Å². The molecular formula is C22H33N3O6. The number of anilines is 1. The largest absolute Gasteiger partial charge is 0.444 e. The molecule has 1 heterocycles. The van der Waals surface area contributed by atoms with Gasteiger partial charge in [-0.2, -0.15) is 0 Å². The molecule has 2 rings (SSSR count). The predicted molar refractivity (Wildman–Crippen MR) is 116 cm³/mol. The molecule has 3 N–H and O–H groups in total. The number of aliphatic hydroxyl groups is 1. The smallest absolute Gasteiger partial charge is 0.407 e. The number of piperidine rings is 1. The van der Waals surface area contributed by atoms with Gasteiger partial charge in [0.2, 0.25) is 0 Å². The van der Waals surface area contributed by atoms with Crippen LogP contribution in [0.3, 0.4) is 0 Å². The van der Waals surface area contributed by atoms with Crippen LogP contribution in [-0.4, -0.2) is 73.0 Å². The first-order valence-electron chi connectivity index (χ1n) is 10.4. The molecule has 1 saturated heterocycles. The van der Waals surface area contributed by atoms with Crippen molar-refractivity contribution in [3.8, 4) is 0 Å². The fourth-order valence-electron chi connectivity index (χ4n) is 3.31. The average Bonchev–Trinajstić information content (AvgIpc) is 2.72. The molecule has 0 aliphatic carbocycles. The van der Waals surface area contributed by atoms with Crippen LogP contribution < -0.4 is 10.6 Å². The molecule has 1 aromatic rings. The van der Waals surface area contributed by atoms with Crippen LogP contribution in [-0.2, 0) is 14.3 Å². The van der Waals surface area contributed by atoms with Gasteiger partial charge in [-0.3, -0.25) is 9.59 Å². The zero-order valence-corrected chi connectivity index (χ0v) is 18.6. The number of carbonyl (C=O) groups is 3. The third-order valence-electron chi connectivity index (χ3n) is 4.85. The molecule has 0 unspecified atom stereocenters. The summed E-state index contributed by atoms with van der Waals surface area (Å²) in [4.78, 5) is 38.9. The van der Waals surface area contributed by atoms with E-state index in [1.165, 1.54) is 7.11 Å². The molecule has 3 amide bonds. The van der Waals surface area contributed by atoms with Crippen molar-refractivity contribution in [2.75, 3.05) is 38.7 Å². The van der Waals surface area contributed by atoms with E-state index in [0.29, 0.717) is 24.3 Å². The van der Waals surface area contributed by atoms with Crippen molar-refractivity contribution in [1.82, 2.24) is 10.2 Å². The highest BCUT2D eigenvalue weighted by Crippen LogP contribution is 2.20. The van der Waals surface area contributed by atoms with Crippen LogP contribution in [0, 0.1) is 5.92 Å². The number of hydrogen-bond acceptors (Lipinski definition) is 6. The second-order valence-corrected chi connectivity index (χ2v) is 8.62. The number of hydrogen-bond donors (Lipinski definition) is 3. The van der Waals surface area contributed by atoms with Crippen molar-refractivity contribution in [1.29, 1.82) is 0 Å². The summed E-state index contributed by atoms with van der Waals surface area (Å²) in [7, 11) is 1.37. The second-order valence-electron chi connectivity index (χ2n) is 8.62. The van der Waals surface area contributed by atoms with E-state index >= 15 is 0 Å². The summed E-state index contributed by atoms with van der Waals surface area (Å²) in [6.07, 6.45) is 0.191. The predicted octanol–water partition coefficient (Wildman–Crippen LogP) is 2.01. The summed E-state index contributed by atoms with van der Waals surface area (Å²) in [6.45, 7) is 6.41.